The van der Waals surface area contributed by atoms with Crippen LogP contribution in [0.4, 0.5) is 11.8 Å². The molecule has 2 atom stereocenters. The second kappa shape index (κ2) is 9.16. The number of aryl methyl sites for hydroxylation is 1. The highest BCUT2D eigenvalue weighted by atomic mass is 16.2. The number of nitrogens with zero attached hydrogens (tertiary/aromatic N) is 8. The van der Waals surface area contributed by atoms with Crippen LogP contribution in [0.3, 0.4) is 0 Å². The average molecular weight is 498 g/mol. The number of aliphatic imine (C=N–C) groups is 1. The molecule has 3 aliphatic heterocycles. The minimum atomic E-state index is -0.161. The molecule has 37 heavy (non-hydrogen) atoms. The molecule has 10 nitrogen and oxygen atoms in total. The highest BCUT2D eigenvalue weighted by Gasteiger charge is 2.44. The van der Waals surface area contributed by atoms with Crippen LogP contribution in [-0.2, 0) is 13.1 Å². The van der Waals surface area contributed by atoms with Gasteiger partial charge in [0.15, 0.2) is 11.5 Å². The summed E-state index contributed by atoms with van der Waals surface area (Å²) in [5.74, 6) is 8.53. The summed E-state index contributed by atoms with van der Waals surface area (Å²) in [6.45, 7) is 8.63. The normalized spacial score (nSPS) is 21.0. The third-order valence-corrected chi connectivity index (χ3v) is 7.19. The Morgan fingerprint density at radius 3 is 2.81 bits per heavy atom. The van der Waals surface area contributed by atoms with Crippen molar-refractivity contribution in [2.45, 2.75) is 58.8 Å². The molecule has 3 aromatic rings. The molecule has 3 aliphatic rings. The molecule has 0 radical (unpaired) electrons. The molecule has 2 aromatic heterocycles. The Hall–Kier alpha value is -3.97. The first-order valence-corrected chi connectivity index (χ1v) is 12.8. The lowest BCUT2D eigenvalue weighted by molar-refractivity contribution is 0.0821. The van der Waals surface area contributed by atoms with E-state index in [-0.39, 0.29) is 24.5 Å². The van der Waals surface area contributed by atoms with E-state index in [0.29, 0.717) is 42.9 Å². The van der Waals surface area contributed by atoms with Gasteiger partial charge in [0.05, 0.1) is 24.6 Å². The molecule has 1 fully saturated rings. The van der Waals surface area contributed by atoms with Gasteiger partial charge in [0.25, 0.3) is 5.91 Å². The number of rotatable bonds is 4. The predicted molar refractivity (Wildman–Crippen MR) is 143 cm³/mol. The molecule has 2 N–H and O–H groups in total. The fourth-order valence-electron chi connectivity index (χ4n) is 5.49. The van der Waals surface area contributed by atoms with E-state index >= 15 is 0 Å². The van der Waals surface area contributed by atoms with E-state index in [0.717, 1.165) is 41.9 Å². The van der Waals surface area contributed by atoms with Gasteiger partial charge in [-0.3, -0.25) is 19.2 Å². The molecule has 0 bridgehead atoms. The number of nitrogens with two attached hydrogens (primary N) is 1. The van der Waals surface area contributed by atoms with Gasteiger partial charge >= 0.3 is 0 Å². The summed E-state index contributed by atoms with van der Waals surface area (Å²) in [4.78, 5) is 39.5. The summed E-state index contributed by atoms with van der Waals surface area (Å²) >= 11 is 0. The third kappa shape index (κ3) is 4.00. The molecule has 0 spiro atoms. The summed E-state index contributed by atoms with van der Waals surface area (Å²) in [7, 11) is 0. The fraction of sp³-hybridized carbons (Fsp3) is 0.444. The van der Waals surface area contributed by atoms with Gasteiger partial charge in [-0.25, -0.2) is 15.0 Å². The van der Waals surface area contributed by atoms with Crippen molar-refractivity contribution < 1.29 is 4.79 Å². The largest absolute Gasteiger partial charge is 0.341 e. The number of aromatic nitrogens is 4. The minimum absolute atomic E-state index is 0.0305. The van der Waals surface area contributed by atoms with E-state index in [1.807, 2.05) is 35.8 Å². The number of guanidine groups is 1. The smallest absolute Gasteiger partial charge is 0.281 e. The topological polar surface area (TPSA) is 109 Å². The lowest BCUT2D eigenvalue weighted by atomic mass is 10.1. The number of imidazole rings is 1. The van der Waals surface area contributed by atoms with Gasteiger partial charge in [0.2, 0.25) is 11.9 Å². The van der Waals surface area contributed by atoms with Gasteiger partial charge in [-0.05, 0) is 39.7 Å². The SMILES string of the molecule is CC#CCn1c(N2CCC[C@@H](N)C2)nc2c1C(=O)N(Cc1nc(C)c3ccccc3n1)C1=N[C@@H](C)CN12. The van der Waals surface area contributed by atoms with E-state index in [1.165, 1.54) is 0 Å². The zero-order valence-electron chi connectivity index (χ0n) is 21.5. The number of amides is 1. The first-order chi connectivity index (χ1) is 17.9. The molecule has 0 unspecified atom stereocenters. The van der Waals surface area contributed by atoms with E-state index in [4.69, 9.17) is 25.7 Å². The Kier molecular flexibility index (Phi) is 5.80. The Balaban J connectivity index is 1.45. The Bertz CT molecular complexity index is 1480. The number of para-hydroxylation sites is 1. The third-order valence-electron chi connectivity index (χ3n) is 7.19. The molecule has 0 aliphatic carbocycles. The van der Waals surface area contributed by atoms with Gasteiger partial charge in [-0.2, -0.15) is 4.98 Å². The maximum atomic E-state index is 14.2. The summed E-state index contributed by atoms with van der Waals surface area (Å²) in [5.41, 5.74) is 8.58. The predicted octanol–water partition coefficient (Wildman–Crippen LogP) is 2.31. The molecule has 1 aromatic carbocycles. The number of carbonyl (C=O) groups is 1. The van der Waals surface area contributed by atoms with Crippen LogP contribution in [0.15, 0.2) is 29.3 Å². The molecular formula is C27H31N9O. The zero-order chi connectivity index (χ0) is 25.7. The van der Waals surface area contributed by atoms with Crippen LogP contribution in [0.5, 0.6) is 0 Å². The number of benzene rings is 1. The summed E-state index contributed by atoms with van der Waals surface area (Å²) in [6.07, 6.45) is 1.98. The first kappa shape index (κ1) is 23.4. The molecule has 5 heterocycles. The molecule has 10 heteroatoms. The molecule has 1 saturated heterocycles. The maximum absolute atomic E-state index is 14.2. The van der Waals surface area contributed by atoms with E-state index in [2.05, 4.69) is 28.6 Å². The number of carbonyl (C=O) groups excluding carboxylic acids is 1. The second-order valence-electron chi connectivity index (χ2n) is 9.97. The minimum Gasteiger partial charge on any atom is -0.341 e. The van der Waals surface area contributed by atoms with Crippen molar-refractivity contribution in [2.75, 3.05) is 29.4 Å². The standard InChI is InChI=1S/C27H31N9O/c1-4-5-13-34-23-24(32-26(34)33-12-8-9-19(28)15-33)35-14-17(2)29-27(35)36(25(23)37)16-22-30-18(3)20-10-6-7-11-21(20)31-22/h6-7,10-11,17,19H,8-9,12-16,28H2,1-3H3/t17-,19+/m0/s1. The fourth-order valence-corrected chi connectivity index (χ4v) is 5.49. The Morgan fingerprint density at radius 2 is 2.00 bits per heavy atom. The summed E-state index contributed by atoms with van der Waals surface area (Å²) in [6, 6.07) is 8.04. The highest BCUT2D eigenvalue weighted by Crippen LogP contribution is 2.36. The average Bonchev–Trinajstić information content (AvgIpc) is 3.46. The van der Waals surface area contributed by atoms with Gasteiger partial charge < -0.3 is 10.6 Å². The van der Waals surface area contributed by atoms with Gasteiger partial charge in [-0.15, -0.1) is 5.92 Å². The quantitative estimate of drug-likeness (QED) is 0.551. The molecule has 190 valence electrons. The monoisotopic (exact) mass is 497 g/mol. The van der Waals surface area contributed by atoms with Crippen LogP contribution in [0.25, 0.3) is 10.9 Å². The Labute approximate surface area is 216 Å². The van der Waals surface area contributed by atoms with Crippen molar-refractivity contribution in [1.29, 1.82) is 0 Å². The first-order valence-electron chi connectivity index (χ1n) is 12.8. The van der Waals surface area contributed by atoms with Crippen LogP contribution >= 0.6 is 0 Å². The van der Waals surface area contributed by atoms with Crippen molar-refractivity contribution in [1.82, 2.24) is 24.4 Å². The number of hydrogen-bond donors (Lipinski definition) is 1. The lowest BCUT2D eigenvalue weighted by Gasteiger charge is -2.33. The van der Waals surface area contributed by atoms with Crippen LogP contribution in [0.1, 0.15) is 48.7 Å². The van der Waals surface area contributed by atoms with Crippen molar-refractivity contribution in [3.8, 4) is 11.8 Å². The summed E-state index contributed by atoms with van der Waals surface area (Å²) < 4.78 is 1.95. The number of fused-ring (bicyclic) bond motifs is 4. The van der Waals surface area contributed by atoms with E-state index in [1.54, 1.807) is 11.8 Å². The molecule has 1 amide bonds. The highest BCUT2D eigenvalue weighted by molar-refractivity contribution is 6.18. The van der Waals surface area contributed by atoms with Crippen LogP contribution in [0, 0.1) is 18.8 Å². The molecule has 0 saturated carbocycles. The lowest BCUT2D eigenvalue weighted by Crippen LogP contribution is -2.50. The van der Waals surface area contributed by atoms with Gasteiger partial charge in [0, 0.05) is 36.8 Å². The molecular weight excluding hydrogens is 466 g/mol. The van der Waals surface area contributed by atoms with Crippen LogP contribution in [0.2, 0.25) is 0 Å². The van der Waals surface area contributed by atoms with Crippen molar-refractivity contribution in [2.24, 2.45) is 10.7 Å². The van der Waals surface area contributed by atoms with E-state index in [9.17, 15) is 4.79 Å². The maximum Gasteiger partial charge on any atom is 0.281 e. The number of hydrogen-bond acceptors (Lipinski definition) is 8. The molecule has 6 rings (SSSR count). The number of piperidine rings is 1. The van der Waals surface area contributed by atoms with E-state index < -0.39 is 0 Å². The van der Waals surface area contributed by atoms with Crippen molar-refractivity contribution >= 4 is 34.5 Å². The van der Waals surface area contributed by atoms with Gasteiger partial charge in [-0.1, -0.05) is 24.1 Å². The van der Waals surface area contributed by atoms with Crippen molar-refractivity contribution in [3.63, 3.8) is 0 Å². The van der Waals surface area contributed by atoms with Crippen LogP contribution in [-0.4, -0.2) is 68.0 Å². The second-order valence-corrected chi connectivity index (χ2v) is 9.97. The summed E-state index contributed by atoms with van der Waals surface area (Å²) in [5, 5.41) is 1.01. The van der Waals surface area contributed by atoms with Crippen molar-refractivity contribution in [3.05, 3.63) is 41.5 Å². The number of anilines is 2. The zero-order valence-corrected chi connectivity index (χ0v) is 21.5. The van der Waals surface area contributed by atoms with Gasteiger partial charge in [0.1, 0.15) is 5.82 Å². The van der Waals surface area contributed by atoms with Crippen LogP contribution < -0.4 is 15.5 Å². The Morgan fingerprint density at radius 1 is 1.16 bits per heavy atom.